The number of ether oxygens (including phenoxy) is 4. The molecule has 712 valence electrons. The van der Waals surface area contributed by atoms with Crippen LogP contribution in [0.15, 0.2) is 191 Å². The Morgan fingerprint density at radius 2 is 0.463 bits per heavy atom. The molecule has 46 heteroatoms. The summed E-state index contributed by atoms with van der Waals surface area (Å²) < 4.78 is 50.6. The summed E-state index contributed by atoms with van der Waals surface area (Å²) in [4.78, 5) is 0. The Hall–Kier alpha value is -4.17. The van der Waals surface area contributed by atoms with Gasteiger partial charge in [-0.15, -0.1) is 0 Å². The van der Waals surface area contributed by atoms with E-state index in [4.69, 9.17) is 161 Å². The molecule has 8 aromatic rings. The van der Waals surface area contributed by atoms with Crippen LogP contribution in [0.3, 0.4) is 0 Å². The summed E-state index contributed by atoms with van der Waals surface area (Å²) in [5.41, 5.74) is 8.75. The fourth-order valence-corrected chi connectivity index (χ4v) is 12.1. The summed E-state index contributed by atoms with van der Waals surface area (Å²) in [6.07, 6.45) is -15.2. The van der Waals surface area contributed by atoms with Crippen LogP contribution in [0.2, 0.25) is 0 Å². The predicted octanol–water partition coefficient (Wildman–Crippen LogP) is 19.6. The summed E-state index contributed by atoms with van der Waals surface area (Å²) >= 11 is 6.65. The summed E-state index contributed by atoms with van der Waals surface area (Å²) in [6, 6.07) is 55.8. The average Bonchev–Trinajstić information content (AvgIpc) is 0.760. The summed E-state index contributed by atoms with van der Waals surface area (Å²) in [5.74, 6) is 1.53. The molecule has 4 N–H and O–H groups in total. The van der Waals surface area contributed by atoms with Gasteiger partial charge in [-0.3, -0.25) is 0 Å². The lowest BCUT2D eigenvalue weighted by atomic mass is 8.30. The van der Waals surface area contributed by atoms with Crippen molar-refractivity contribution in [2.75, 3.05) is 0 Å². The lowest BCUT2D eigenvalue weighted by Gasteiger charge is -2.51. The van der Waals surface area contributed by atoms with Gasteiger partial charge in [0, 0.05) is 249 Å². The smallest absolute Gasteiger partial charge is 0.489 e. The summed E-state index contributed by atoms with van der Waals surface area (Å²) in [7, 11) is 99.9. The molecule has 0 saturated heterocycles. The molecule has 8 nitrogen and oxygen atoms in total. The van der Waals surface area contributed by atoms with E-state index in [-0.39, 0.29) is 249 Å². The molecule has 0 spiro atoms. The normalized spacial score (nSPS) is 7.61. The predicted molar refractivity (Wildman–Crippen MR) is 682 cm³/mol. The molecule has 0 unspecified atom stereocenters. The van der Waals surface area contributed by atoms with Crippen LogP contribution in [0.25, 0.3) is 0 Å². The third-order valence-electron chi connectivity index (χ3n) is 16.6. The standard InChI is InChI=1S/C15H17BO3.C15H15BrO.C13H12BFO3.C13H10BrFO.32CH4.B32/c1-11-8-14(9-12(2)15(11)16(17)18)19-10-13-6-4-3-5-7-13;1-11-8-14(9-12(2)15(11)16)17-10-13-6-4-3-5-7-13;15-13-8-11(6-7-12(13)14(16)17)18-9-10-4-2-1-3-5-10;14-12-7-6-11(8-13(12)15)16-9-10-4-2-1-3-5-10;;;;;;;;;;;;;;;;;;;;;;;;;;;;;;;;;1-18(2)26(17)30(25(15)16)32(29(23(11)12)24(13)14)31(27(19(3)4)20(5)6)28(21(7)8)22(9)10/h3-9,17-18H,10H2,1-2H3;3-9H,10H2,1-2H3;1-8,16-17H,9H2;1-8H,9H2;32*1H4;. The number of aryl methyl sites for hydroxylation is 4. The molecule has 0 amide bonds. The first-order valence-electron chi connectivity index (χ1n) is 32.5. The Morgan fingerprint density at radius 3 is 0.672 bits per heavy atom. The fraction of sp³-hybridized carbons (Fsp3) is 0.455. The molecule has 8 rings (SSSR count). The lowest BCUT2D eigenvalue weighted by molar-refractivity contribution is 0.304. The minimum Gasteiger partial charge on any atom is -0.489 e. The van der Waals surface area contributed by atoms with Gasteiger partial charge in [-0.25, -0.2) is 8.78 Å². The van der Waals surface area contributed by atoms with Crippen LogP contribution < -0.4 is 29.9 Å². The second kappa shape index (κ2) is 109. The van der Waals surface area contributed by atoms with Gasteiger partial charge in [-0.2, -0.15) is 0 Å². The lowest BCUT2D eigenvalue weighted by Crippen LogP contribution is -2.89. The average molecular weight is 1930 g/mol. The Bertz CT molecular complexity index is 3650. The summed E-state index contributed by atoms with van der Waals surface area (Å²) in [6.45, 7) is 9.73. The van der Waals surface area contributed by atoms with Crippen molar-refractivity contribution in [2.45, 2.75) is 292 Å². The van der Waals surface area contributed by atoms with E-state index < -0.39 is 116 Å². The van der Waals surface area contributed by atoms with Gasteiger partial charge in [-0.05, 0) is 136 Å². The highest BCUT2D eigenvalue weighted by atomic mass is 79.9. The first-order valence-corrected chi connectivity index (χ1v) is 34.1. The van der Waals surface area contributed by atoms with E-state index in [0.29, 0.717) is 47.9 Å². The van der Waals surface area contributed by atoms with Crippen LogP contribution in [-0.2, 0) is 26.4 Å². The van der Waals surface area contributed by atoms with Crippen molar-refractivity contribution in [3.05, 3.63) is 247 Å². The molecule has 0 aliphatic rings. The van der Waals surface area contributed by atoms with Gasteiger partial charge >= 0.3 is 14.2 Å². The minimum absolute atomic E-state index is 0. The molecule has 0 aliphatic carbocycles. The maximum atomic E-state index is 13.4. The van der Waals surface area contributed by atoms with Crippen LogP contribution in [-0.4, -0.2) is 262 Å². The van der Waals surface area contributed by atoms with Gasteiger partial charge in [0.2, 0.25) is 0 Å². The topological polar surface area (TPSA) is 118 Å². The first kappa shape index (κ1) is 212. The highest BCUT2D eigenvalue weighted by Crippen LogP contribution is 2.28. The van der Waals surface area contributed by atoms with Crippen molar-refractivity contribution in [3.8, 4) is 23.0 Å². The SMILES string of the molecule is C.C.C.C.C.C.C.C.C.C.C.C.C.C.C.C.C.C.C.C.C.C.C.C.C.C.C.C.C.C.C.C.Cc1cc(OCc2ccccc2)cc(C)c1B(O)O.Cc1cc(OCc2ccccc2)cc(C)c1Br.Fc1cc(OCc2ccccc2)ccc1Br.OB(O)c1ccc(OCc2ccccc2)cc1F.[B]B([B])B([B])B(B([B])[B])B(B(B([B])[B])B([B])[B])B(B(B([B])[B])B([B])[B])B(B([B])[B])B([B])[B]. The van der Waals surface area contributed by atoms with Gasteiger partial charge in [0.25, 0.3) is 0 Å². The Balaban J connectivity index is -0.0000000365. The third kappa shape index (κ3) is 71.3. The Labute approximate surface area is 887 Å². The molecular weight excluding hydrogens is 1750 g/mol. The van der Waals surface area contributed by atoms with Crippen molar-refractivity contribution in [1.29, 1.82) is 0 Å². The van der Waals surface area contributed by atoms with Gasteiger partial charge in [0.15, 0.2) is 0 Å². The highest BCUT2D eigenvalue weighted by Gasteiger charge is 2.53. The molecule has 134 heavy (non-hydrogen) atoms. The van der Waals surface area contributed by atoms with Crippen molar-refractivity contribution >= 4 is 284 Å². The molecular formula is C88H182B34Br2F2O8. The van der Waals surface area contributed by atoms with Crippen LogP contribution in [0, 0.1) is 39.3 Å². The van der Waals surface area contributed by atoms with Crippen LogP contribution in [0.1, 0.15) is 282 Å². The fourth-order valence-electron chi connectivity index (χ4n) is 11.6. The first-order chi connectivity index (χ1) is 48.1. The second-order valence-electron chi connectivity index (χ2n) is 24.6. The van der Waals surface area contributed by atoms with E-state index in [2.05, 4.69) is 70.0 Å². The maximum absolute atomic E-state index is 13.4. The number of benzene rings is 8. The van der Waals surface area contributed by atoms with Crippen LogP contribution in [0.4, 0.5) is 8.78 Å². The van der Waals surface area contributed by atoms with E-state index in [1.54, 1.807) is 12.1 Å². The van der Waals surface area contributed by atoms with Crippen molar-refractivity contribution < 1.29 is 47.8 Å². The minimum atomic E-state index is -1.81. The van der Waals surface area contributed by atoms with Gasteiger partial charge in [-0.1, -0.05) is 381 Å². The number of hydrogen-bond donors (Lipinski definition) is 4. The van der Waals surface area contributed by atoms with Crippen molar-refractivity contribution in [1.82, 2.24) is 0 Å². The summed E-state index contributed by atoms with van der Waals surface area (Å²) in [5, 5.41) is 36.4. The molecule has 0 aromatic heterocycles. The zero-order valence-corrected chi connectivity index (χ0v) is 60.9. The van der Waals surface area contributed by atoms with Crippen molar-refractivity contribution in [2.24, 2.45) is 0 Å². The van der Waals surface area contributed by atoms with E-state index >= 15 is 0 Å². The van der Waals surface area contributed by atoms with E-state index in [0.717, 1.165) is 49.9 Å². The molecule has 0 atom stereocenters. The maximum Gasteiger partial charge on any atom is 0.491 e. The molecule has 0 aliphatic heterocycles. The van der Waals surface area contributed by atoms with Gasteiger partial charge < -0.3 is 39.0 Å². The van der Waals surface area contributed by atoms with Gasteiger partial charge in [0.05, 0.1) is 4.47 Å². The molecule has 0 bridgehead atoms. The van der Waals surface area contributed by atoms with E-state index in [1.807, 2.05) is 135 Å². The quantitative estimate of drug-likeness (QED) is 0.0358. The second-order valence-corrected chi connectivity index (χ2v) is 26.3. The zero-order valence-electron chi connectivity index (χ0n) is 57.7. The Kier molecular flexibility index (Phi) is 173. The molecule has 0 fully saturated rings. The highest BCUT2D eigenvalue weighted by molar-refractivity contribution is 9.10. The van der Waals surface area contributed by atoms with E-state index in [9.17, 15) is 18.8 Å². The molecule has 0 saturated carbocycles. The van der Waals surface area contributed by atoms with Crippen LogP contribution in [0.5, 0.6) is 23.0 Å². The Morgan fingerprint density at radius 1 is 0.246 bits per heavy atom. The monoisotopic (exact) mass is 1940 g/mol. The molecule has 0 heterocycles. The largest absolute Gasteiger partial charge is 0.491 e. The van der Waals surface area contributed by atoms with Crippen molar-refractivity contribution in [3.63, 3.8) is 0 Å². The van der Waals surface area contributed by atoms with Gasteiger partial charge in [0.1, 0.15) is 61.1 Å². The van der Waals surface area contributed by atoms with E-state index in [1.165, 1.54) is 34.9 Å². The number of rotatable bonds is 28. The van der Waals surface area contributed by atoms with Crippen LogP contribution >= 0.6 is 31.9 Å². The third-order valence-corrected chi connectivity index (χ3v) is 18.5. The number of hydrogen-bond acceptors (Lipinski definition) is 8. The number of halogens is 4. The zero-order chi connectivity index (χ0) is 76.1. The molecule has 34 radical (unpaired) electrons. The molecule has 8 aromatic carbocycles.